The van der Waals surface area contributed by atoms with Crippen LogP contribution in [0.25, 0.3) is 11.1 Å². The fraction of sp³-hybridized carbons (Fsp3) is 0.375. The Morgan fingerprint density at radius 2 is 1.79 bits per heavy atom. The average molecular weight is 487 g/mol. The van der Waals surface area contributed by atoms with Crippen LogP contribution < -0.4 is 5.32 Å². The van der Waals surface area contributed by atoms with Crippen molar-refractivity contribution in [1.82, 2.24) is 10.2 Å². The van der Waals surface area contributed by atoms with Crippen LogP contribution in [0.2, 0.25) is 0 Å². The molecule has 9 heteroatoms. The van der Waals surface area contributed by atoms with Crippen LogP contribution in [-0.4, -0.2) is 70.3 Å². The third kappa shape index (κ3) is 4.99. The van der Waals surface area contributed by atoms with Gasteiger partial charge < -0.3 is 20.1 Å². The monoisotopic (exact) mass is 486 g/mol. The number of hydrogen-bond acceptors (Lipinski definition) is 6. The lowest BCUT2D eigenvalue weighted by atomic mass is 9.98. The predicted molar refractivity (Wildman–Crippen MR) is 131 cm³/mol. The van der Waals surface area contributed by atoms with Crippen LogP contribution in [0.15, 0.2) is 48.5 Å². The Hall–Kier alpha value is -2.65. The van der Waals surface area contributed by atoms with Gasteiger partial charge in [-0.05, 0) is 40.7 Å². The smallest absolute Gasteiger partial charge is 0.407 e. The van der Waals surface area contributed by atoms with Gasteiger partial charge in [-0.2, -0.15) is 11.8 Å². The quantitative estimate of drug-likeness (QED) is 0.588. The van der Waals surface area contributed by atoms with E-state index in [1.54, 1.807) is 11.8 Å². The normalized spacial score (nSPS) is 17.8. The number of thioether (sulfide) groups is 2. The molecule has 7 nitrogen and oxygen atoms in total. The molecule has 1 heterocycles. The highest BCUT2D eigenvalue weighted by Gasteiger charge is 2.38. The molecule has 2 aromatic rings. The van der Waals surface area contributed by atoms with Crippen molar-refractivity contribution in [2.45, 2.75) is 24.4 Å². The molecule has 0 radical (unpaired) electrons. The van der Waals surface area contributed by atoms with E-state index in [2.05, 4.69) is 17.4 Å². The van der Waals surface area contributed by atoms with E-state index in [9.17, 15) is 19.5 Å². The Morgan fingerprint density at radius 3 is 2.39 bits per heavy atom. The first kappa shape index (κ1) is 23.5. The highest BCUT2D eigenvalue weighted by molar-refractivity contribution is 7.99. The second-order valence-electron chi connectivity index (χ2n) is 7.97. The second kappa shape index (κ2) is 10.5. The second-order valence-corrected chi connectivity index (χ2v) is 9.95. The number of benzene rings is 2. The molecule has 2 aliphatic rings. The third-order valence-corrected chi connectivity index (χ3v) is 7.65. The molecule has 174 valence electrons. The van der Waals surface area contributed by atoms with Crippen molar-refractivity contribution in [1.29, 1.82) is 0 Å². The van der Waals surface area contributed by atoms with Crippen LogP contribution in [0.4, 0.5) is 4.79 Å². The van der Waals surface area contributed by atoms with E-state index in [0.717, 1.165) is 22.3 Å². The first-order chi connectivity index (χ1) is 16.0. The minimum absolute atomic E-state index is 0.0742. The molecule has 2 amide bonds. The molecule has 0 spiro atoms. The van der Waals surface area contributed by atoms with E-state index < -0.39 is 24.1 Å². The maximum absolute atomic E-state index is 13.1. The van der Waals surface area contributed by atoms with Gasteiger partial charge in [0.1, 0.15) is 18.7 Å². The van der Waals surface area contributed by atoms with Crippen molar-refractivity contribution in [3.05, 3.63) is 59.7 Å². The fourth-order valence-corrected chi connectivity index (χ4v) is 5.97. The zero-order valence-electron chi connectivity index (χ0n) is 18.2. The minimum Gasteiger partial charge on any atom is -0.480 e. The van der Waals surface area contributed by atoms with Crippen molar-refractivity contribution in [3.63, 3.8) is 0 Å². The molecule has 1 aliphatic heterocycles. The first-order valence-corrected chi connectivity index (χ1v) is 13.3. The van der Waals surface area contributed by atoms with E-state index in [1.807, 2.05) is 42.7 Å². The molecule has 0 bridgehead atoms. The summed E-state index contributed by atoms with van der Waals surface area (Å²) in [6.45, 7) is 0.153. The number of aliphatic carboxylic acids is 1. The molecule has 1 aliphatic carbocycles. The maximum Gasteiger partial charge on any atom is 0.407 e. The van der Waals surface area contributed by atoms with Gasteiger partial charge in [-0.3, -0.25) is 4.79 Å². The van der Waals surface area contributed by atoms with Gasteiger partial charge >= 0.3 is 12.1 Å². The standard InChI is InChI=1S/C24H26N2O5S2/c1-32-11-10-20(22(27)26-14-33-13-21(26)23(28)29)25-24(30)31-12-19-17-8-4-2-6-15(17)16-7-3-5-9-18(16)19/h2-9,19-21H,10-14H2,1H3,(H,25,30)(H,28,29). The maximum atomic E-state index is 13.1. The molecular formula is C24H26N2O5S2. The Kier molecular flexibility index (Phi) is 7.49. The number of amides is 2. The van der Waals surface area contributed by atoms with Crippen molar-refractivity contribution >= 4 is 41.5 Å². The summed E-state index contributed by atoms with van der Waals surface area (Å²) in [6.07, 6.45) is 1.65. The Bertz CT molecular complexity index is 1000. The number of nitrogens with one attached hydrogen (secondary N) is 1. The summed E-state index contributed by atoms with van der Waals surface area (Å²) < 4.78 is 5.59. The molecule has 1 saturated heterocycles. The third-order valence-electron chi connectivity index (χ3n) is 5.99. The zero-order valence-corrected chi connectivity index (χ0v) is 19.9. The number of carboxylic acids is 1. The number of hydrogen-bond donors (Lipinski definition) is 2. The van der Waals surface area contributed by atoms with Gasteiger partial charge in [0.2, 0.25) is 5.91 Å². The highest BCUT2D eigenvalue weighted by atomic mass is 32.2. The summed E-state index contributed by atoms with van der Waals surface area (Å²) in [7, 11) is 0. The van der Waals surface area contributed by atoms with Crippen molar-refractivity contribution in [2.24, 2.45) is 0 Å². The molecule has 33 heavy (non-hydrogen) atoms. The van der Waals surface area contributed by atoms with Crippen LogP contribution in [0.5, 0.6) is 0 Å². The van der Waals surface area contributed by atoms with Gasteiger partial charge in [-0.15, -0.1) is 11.8 Å². The summed E-state index contributed by atoms with van der Waals surface area (Å²) in [6, 6.07) is 14.5. The average Bonchev–Trinajstić information content (AvgIpc) is 3.43. The van der Waals surface area contributed by atoms with Gasteiger partial charge in [-0.25, -0.2) is 9.59 Å². The van der Waals surface area contributed by atoms with Crippen LogP contribution in [0, 0.1) is 0 Å². The number of carbonyl (C=O) groups is 3. The molecule has 2 atom stereocenters. The van der Waals surface area contributed by atoms with Crippen molar-refractivity contribution in [2.75, 3.05) is 30.2 Å². The minimum atomic E-state index is -1.03. The molecule has 2 unspecified atom stereocenters. The lowest BCUT2D eigenvalue weighted by Crippen LogP contribution is -2.52. The van der Waals surface area contributed by atoms with Gasteiger partial charge in [0, 0.05) is 11.7 Å². The van der Waals surface area contributed by atoms with E-state index in [-0.39, 0.29) is 18.4 Å². The molecule has 4 rings (SSSR count). The Morgan fingerprint density at radius 1 is 1.15 bits per heavy atom. The highest BCUT2D eigenvalue weighted by Crippen LogP contribution is 2.44. The zero-order chi connectivity index (χ0) is 23.4. The summed E-state index contributed by atoms with van der Waals surface area (Å²) in [4.78, 5) is 38.6. The van der Waals surface area contributed by atoms with Crippen molar-refractivity contribution < 1.29 is 24.2 Å². The number of nitrogens with zero attached hydrogens (tertiary/aromatic N) is 1. The lowest BCUT2D eigenvalue weighted by Gasteiger charge is -2.26. The topological polar surface area (TPSA) is 95.9 Å². The van der Waals surface area contributed by atoms with E-state index in [1.165, 1.54) is 16.7 Å². The largest absolute Gasteiger partial charge is 0.480 e. The van der Waals surface area contributed by atoms with Crippen LogP contribution in [0.1, 0.15) is 23.5 Å². The molecule has 0 aromatic heterocycles. The van der Waals surface area contributed by atoms with Gasteiger partial charge in [0.25, 0.3) is 0 Å². The van der Waals surface area contributed by atoms with E-state index >= 15 is 0 Å². The predicted octanol–water partition coefficient (Wildman–Crippen LogP) is 3.63. The van der Waals surface area contributed by atoms with Gasteiger partial charge in [0.05, 0.1) is 5.88 Å². The number of carbonyl (C=O) groups excluding carboxylic acids is 2. The lowest BCUT2D eigenvalue weighted by molar-refractivity contribution is -0.148. The summed E-state index contributed by atoms with van der Waals surface area (Å²) in [5.74, 6) is -0.180. The van der Waals surface area contributed by atoms with Gasteiger partial charge in [-0.1, -0.05) is 48.5 Å². The summed E-state index contributed by atoms with van der Waals surface area (Å²) >= 11 is 2.95. The van der Waals surface area contributed by atoms with Gasteiger partial charge in [0.15, 0.2) is 0 Å². The van der Waals surface area contributed by atoms with Crippen molar-refractivity contribution in [3.8, 4) is 11.1 Å². The van der Waals surface area contributed by atoms with E-state index in [0.29, 0.717) is 23.8 Å². The number of alkyl carbamates (subject to hydrolysis) is 1. The molecular weight excluding hydrogens is 460 g/mol. The van der Waals surface area contributed by atoms with Crippen LogP contribution in [-0.2, 0) is 14.3 Å². The summed E-state index contributed by atoms with van der Waals surface area (Å²) in [5, 5.41) is 12.1. The van der Waals surface area contributed by atoms with Crippen LogP contribution >= 0.6 is 23.5 Å². The number of fused-ring (bicyclic) bond motifs is 3. The Balaban J connectivity index is 1.43. The SMILES string of the molecule is CSCCC(NC(=O)OCC1c2ccccc2-c2ccccc21)C(=O)N1CSCC1C(=O)O. The summed E-state index contributed by atoms with van der Waals surface area (Å²) in [5.41, 5.74) is 4.50. The molecule has 2 aromatic carbocycles. The Labute approximate surface area is 201 Å². The van der Waals surface area contributed by atoms with E-state index in [4.69, 9.17) is 4.74 Å². The fourth-order valence-electron chi connectivity index (χ4n) is 4.34. The number of carboxylic acid groups (broad SMARTS) is 1. The molecule has 2 N–H and O–H groups in total. The first-order valence-electron chi connectivity index (χ1n) is 10.7. The number of rotatable bonds is 8. The van der Waals surface area contributed by atoms with Crippen LogP contribution in [0.3, 0.4) is 0 Å². The molecule has 1 fully saturated rings. The molecule has 0 saturated carbocycles. The number of ether oxygens (including phenoxy) is 1.